The molecule has 1 N–H and O–H groups in total. The predicted octanol–water partition coefficient (Wildman–Crippen LogP) is 1.56. The summed E-state index contributed by atoms with van der Waals surface area (Å²) < 4.78 is 23.7. The number of nitrogens with zero attached hydrogens (tertiary/aromatic N) is 3. The topological polar surface area (TPSA) is 65.0 Å². The van der Waals surface area contributed by atoms with Crippen LogP contribution in [0.2, 0.25) is 0 Å². The lowest BCUT2D eigenvalue weighted by Gasteiger charge is -2.39. The molecule has 8 heteroatoms. The molecule has 0 spiro atoms. The second kappa shape index (κ2) is 8.29. The third-order valence-electron chi connectivity index (χ3n) is 5.56. The molecule has 0 aromatic rings. The molecule has 2 aliphatic heterocycles. The van der Waals surface area contributed by atoms with E-state index in [0.717, 1.165) is 25.1 Å². The minimum Gasteiger partial charge on any atom is -0.357 e. The van der Waals surface area contributed by atoms with Crippen molar-refractivity contribution in [2.24, 2.45) is 10.9 Å². The quantitative estimate of drug-likeness (QED) is 0.373. The van der Waals surface area contributed by atoms with Crippen LogP contribution in [0.25, 0.3) is 0 Å². The second-order valence-electron chi connectivity index (χ2n) is 8.08. The average Bonchev–Trinajstić information content (AvgIpc) is 3.26. The first-order valence-electron chi connectivity index (χ1n) is 9.32. The molecule has 0 bridgehead atoms. The van der Waals surface area contributed by atoms with Gasteiger partial charge < -0.3 is 15.1 Å². The van der Waals surface area contributed by atoms with Gasteiger partial charge in [-0.3, -0.25) is 4.99 Å². The van der Waals surface area contributed by atoms with Crippen LogP contribution >= 0.6 is 24.0 Å². The van der Waals surface area contributed by atoms with Crippen LogP contribution < -0.4 is 5.32 Å². The predicted molar refractivity (Wildman–Crippen MR) is 114 cm³/mol. The Balaban J connectivity index is 0.00000225. The van der Waals surface area contributed by atoms with E-state index in [1.165, 1.54) is 32.4 Å². The van der Waals surface area contributed by atoms with Crippen molar-refractivity contribution in [1.82, 2.24) is 15.1 Å². The fourth-order valence-electron chi connectivity index (χ4n) is 3.75. The van der Waals surface area contributed by atoms with Crippen LogP contribution in [0.3, 0.4) is 0 Å². The lowest BCUT2D eigenvalue weighted by Crippen LogP contribution is -2.57. The third kappa shape index (κ3) is 5.00. The largest absolute Gasteiger partial charge is 0.357 e. The summed E-state index contributed by atoms with van der Waals surface area (Å²) in [7, 11) is -3.01. The summed E-state index contributed by atoms with van der Waals surface area (Å²) in [5, 5.41) is 3.36. The lowest BCUT2D eigenvalue weighted by molar-refractivity contribution is 0.314. The maximum atomic E-state index is 12.2. The highest BCUT2D eigenvalue weighted by molar-refractivity contribution is 14.0. The van der Waals surface area contributed by atoms with Gasteiger partial charge in [0.15, 0.2) is 15.8 Å². The highest BCUT2D eigenvalue weighted by atomic mass is 127. The van der Waals surface area contributed by atoms with E-state index in [4.69, 9.17) is 4.99 Å². The molecule has 1 atom stereocenters. The number of rotatable bonds is 4. The van der Waals surface area contributed by atoms with Crippen LogP contribution in [0, 0.1) is 5.92 Å². The number of likely N-dealkylation sites (tertiary alicyclic amines) is 1. The minimum absolute atomic E-state index is 0. The first-order chi connectivity index (χ1) is 11.3. The van der Waals surface area contributed by atoms with Gasteiger partial charge >= 0.3 is 0 Å². The Kier molecular flexibility index (Phi) is 7.03. The normalized spacial score (nSPS) is 29.3. The summed E-state index contributed by atoms with van der Waals surface area (Å²) in [5.74, 6) is 1.73. The Bertz CT molecular complexity index is 589. The summed E-state index contributed by atoms with van der Waals surface area (Å²) in [6, 6.07) is 0.848. The highest BCUT2D eigenvalue weighted by Crippen LogP contribution is 2.31. The fraction of sp³-hybridized carbons (Fsp3) is 0.941. The van der Waals surface area contributed by atoms with Crippen molar-refractivity contribution in [3.05, 3.63) is 0 Å². The summed E-state index contributed by atoms with van der Waals surface area (Å²) in [4.78, 5) is 9.59. The van der Waals surface area contributed by atoms with Gasteiger partial charge in [0.2, 0.25) is 0 Å². The van der Waals surface area contributed by atoms with Crippen molar-refractivity contribution in [3.8, 4) is 0 Å². The molecular weight excluding hydrogens is 451 g/mol. The van der Waals surface area contributed by atoms with Crippen molar-refractivity contribution in [2.75, 3.05) is 45.0 Å². The molecule has 0 amide bonds. The molecule has 3 aliphatic rings. The molecule has 1 aliphatic carbocycles. The highest BCUT2D eigenvalue weighted by Gasteiger charge is 2.41. The molecule has 0 radical (unpaired) electrons. The zero-order chi connectivity index (χ0) is 17.4. The molecule has 6 nitrogen and oxygen atoms in total. The second-order valence-corrected chi connectivity index (χ2v) is 10.8. The Labute approximate surface area is 169 Å². The monoisotopic (exact) mass is 484 g/mol. The molecule has 1 unspecified atom stereocenters. The number of halogens is 1. The Hall–Kier alpha value is -0.0900. The van der Waals surface area contributed by atoms with E-state index in [9.17, 15) is 8.42 Å². The summed E-state index contributed by atoms with van der Waals surface area (Å²) in [6.45, 7) is 10.8. The van der Waals surface area contributed by atoms with Crippen LogP contribution in [-0.2, 0) is 9.84 Å². The van der Waals surface area contributed by atoms with Gasteiger partial charge in [-0.25, -0.2) is 8.42 Å². The summed E-state index contributed by atoms with van der Waals surface area (Å²) in [6.07, 6.45) is 3.98. The van der Waals surface area contributed by atoms with Gasteiger partial charge in [-0.05, 0) is 52.5 Å². The van der Waals surface area contributed by atoms with E-state index >= 15 is 0 Å². The number of hydrogen-bond acceptors (Lipinski definition) is 4. The molecule has 2 heterocycles. The Morgan fingerprint density at radius 1 is 1.24 bits per heavy atom. The Morgan fingerprint density at radius 2 is 1.96 bits per heavy atom. The van der Waals surface area contributed by atoms with E-state index in [2.05, 4.69) is 22.0 Å². The van der Waals surface area contributed by atoms with Crippen LogP contribution in [-0.4, -0.2) is 80.0 Å². The Morgan fingerprint density at radius 3 is 2.56 bits per heavy atom. The SMILES string of the molecule is CCNC(=NCC1CCN(C2CC2)C1)N1CCS(=O)(=O)C(C)(C)C1.I. The lowest BCUT2D eigenvalue weighted by atomic mass is 10.1. The molecule has 146 valence electrons. The fourth-order valence-corrected chi connectivity index (χ4v) is 5.11. The first-order valence-corrected chi connectivity index (χ1v) is 11.0. The van der Waals surface area contributed by atoms with Gasteiger partial charge in [0.05, 0.1) is 10.5 Å². The smallest absolute Gasteiger partial charge is 0.194 e. The number of aliphatic imine (C=N–C) groups is 1. The van der Waals surface area contributed by atoms with Crippen molar-refractivity contribution >= 4 is 39.8 Å². The standard InChI is InChI=1S/C17H32N4O2S.HI/c1-4-18-16(21-9-10-24(22,23)17(2,3)13-21)19-11-14-7-8-20(12-14)15-5-6-15;/h14-15H,4-13H2,1-3H3,(H,18,19);1H. The van der Waals surface area contributed by atoms with Gasteiger partial charge in [-0.2, -0.15) is 0 Å². The number of hydrogen-bond donors (Lipinski definition) is 1. The van der Waals surface area contributed by atoms with Gasteiger partial charge in [0.25, 0.3) is 0 Å². The molecule has 0 aromatic heterocycles. The number of guanidine groups is 1. The van der Waals surface area contributed by atoms with E-state index in [1.54, 1.807) is 0 Å². The zero-order valence-corrected chi connectivity index (χ0v) is 18.8. The van der Waals surface area contributed by atoms with Gasteiger partial charge in [-0.15, -0.1) is 24.0 Å². The average molecular weight is 484 g/mol. The molecule has 25 heavy (non-hydrogen) atoms. The molecule has 3 rings (SSSR count). The maximum absolute atomic E-state index is 12.2. The van der Waals surface area contributed by atoms with Crippen molar-refractivity contribution in [2.45, 2.75) is 50.8 Å². The third-order valence-corrected chi connectivity index (χ3v) is 8.09. The van der Waals surface area contributed by atoms with Crippen LogP contribution in [0.15, 0.2) is 4.99 Å². The molecule has 2 saturated heterocycles. The zero-order valence-electron chi connectivity index (χ0n) is 15.7. The molecule has 0 aromatic carbocycles. The van der Waals surface area contributed by atoms with E-state index in [1.807, 2.05) is 13.8 Å². The van der Waals surface area contributed by atoms with E-state index < -0.39 is 14.6 Å². The molecule has 3 fully saturated rings. The number of nitrogens with one attached hydrogen (secondary N) is 1. The molecule has 1 saturated carbocycles. The first kappa shape index (κ1) is 21.2. The van der Waals surface area contributed by atoms with Gasteiger partial charge in [-0.1, -0.05) is 0 Å². The van der Waals surface area contributed by atoms with Gasteiger partial charge in [0, 0.05) is 38.8 Å². The van der Waals surface area contributed by atoms with E-state index in [-0.39, 0.29) is 29.7 Å². The van der Waals surface area contributed by atoms with Crippen LogP contribution in [0.4, 0.5) is 0 Å². The van der Waals surface area contributed by atoms with Crippen molar-refractivity contribution in [1.29, 1.82) is 0 Å². The summed E-state index contributed by atoms with van der Waals surface area (Å²) >= 11 is 0. The number of sulfone groups is 1. The molecular formula is C17H33IN4O2S. The van der Waals surface area contributed by atoms with Crippen molar-refractivity contribution < 1.29 is 8.42 Å². The minimum atomic E-state index is -3.01. The van der Waals surface area contributed by atoms with Gasteiger partial charge in [0.1, 0.15) is 0 Å². The maximum Gasteiger partial charge on any atom is 0.194 e. The van der Waals surface area contributed by atoms with Crippen LogP contribution in [0.1, 0.15) is 40.0 Å². The van der Waals surface area contributed by atoms with E-state index in [0.29, 0.717) is 19.0 Å². The van der Waals surface area contributed by atoms with Crippen LogP contribution in [0.5, 0.6) is 0 Å². The summed E-state index contributed by atoms with van der Waals surface area (Å²) in [5.41, 5.74) is 0. The van der Waals surface area contributed by atoms with Crippen molar-refractivity contribution in [3.63, 3.8) is 0 Å².